The van der Waals surface area contributed by atoms with Crippen molar-refractivity contribution in [2.75, 3.05) is 0 Å². The normalized spacial score (nSPS) is 12.2. The molecule has 1 amide bonds. The molecule has 8 heteroatoms. The van der Waals surface area contributed by atoms with E-state index in [2.05, 4.69) is 20.4 Å². The Kier molecular flexibility index (Phi) is 5.43. The summed E-state index contributed by atoms with van der Waals surface area (Å²) in [5.41, 5.74) is 7.86. The van der Waals surface area contributed by atoms with Crippen molar-refractivity contribution >= 4 is 17.2 Å². The summed E-state index contributed by atoms with van der Waals surface area (Å²) in [4.78, 5) is 22.3. The van der Waals surface area contributed by atoms with Crippen molar-refractivity contribution in [3.05, 3.63) is 51.7 Å². The van der Waals surface area contributed by atoms with Gasteiger partial charge in [-0.3, -0.25) is 4.79 Å². The minimum Gasteiger partial charge on any atom is -0.350 e. The van der Waals surface area contributed by atoms with Gasteiger partial charge in [-0.25, -0.2) is 14.6 Å². The third kappa shape index (κ3) is 4.14. The highest BCUT2D eigenvalue weighted by Crippen LogP contribution is 2.18. The lowest BCUT2D eigenvalue weighted by Gasteiger charge is -2.08. The van der Waals surface area contributed by atoms with Crippen LogP contribution in [0.1, 0.15) is 34.4 Å². The van der Waals surface area contributed by atoms with Crippen LogP contribution in [0, 0.1) is 13.8 Å². The molecule has 0 radical (unpaired) electrons. The van der Waals surface area contributed by atoms with Gasteiger partial charge in [-0.05, 0) is 20.8 Å². The molecule has 0 aliphatic rings. The number of hydrogen-bond donors (Lipinski definition) is 2. The van der Waals surface area contributed by atoms with Crippen molar-refractivity contribution in [3.63, 3.8) is 0 Å². The highest BCUT2D eigenvalue weighted by Gasteiger charge is 2.17. The van der Waals surface area contributed by atoms with Gasteiger partial charge in [-0.1, -0.05) is 30.3 Å². The Balaban J connectivity index is 1.73. The topological polar surface area (TPSA) is 98.7 Å². The Morgan fingerprint density at radius 2 is 2.00 bits per heavy atom. The number of hydrogen-bond acceptors (Lipinski definition) is 6. The molecule has 2 heterocycles. The molecule has 0 bridgehead atoms. The average Bonchev–Trinajstić information content (AvgIpc) is 3.17. The van der Waals surface area contributed by atoms with Crippen molar-refractivity contribution in [1.29, 1.82) is 0 Å². The van der Waals surface area contributed by atoms with Crippen LogP contribution < -0.4 is 11.1 Å². The van der Waals surface area contributed by atoms with Crippen LogP contribution in [-0.4, -0.2) is 25.7 Å². The molecule has 3 aromatic rings. The van der Waals surface area contributed by atoms with E-state index in [1.807, 2.05) is 51.1 Å². The summed E-state index contributed by atoms with van der Waals surface area (Å²) in [5, 5.41) is 8.39. The second-order valence-electron chi connectivity index (χ2n) is 6.12. The van der Waals surface area contributed by atoms with Gasteiger partial charge in [0.25, 0.3) is 0 Å². The number of thiazole rings is 1. The Labute approximate surface area is 156 Å². The van der Waals surface area contributed by atoms with E-state index >= 15 is 0 Å². The SMILES string of the molecule is Cc1nc(C)c(CNC(=O)Cn2nc(-c3ccccc3)nc2[C@H](C)N)s1. The van der Waals surface area contributed by atoms with Crippen LogP contribution in [-0.2, 0) is 17.9 Å². The zero-order valence-electron chi connectivity index (χ0n) is 15.1. The van der Waals surface area contributed by atoms with Gasteiger partial charge in [-0.2, -0.15) is 5.10 Å². The third-order valence-corrected chi connectivity index (χ3v) is 4.95. The van der Waals surface area contributed by atoms with Crippen molar-refractivity contribution in [1.82, 2.24) is 25.1 Å². The van der Waals surface area contributed by atoms with E-state index in [4.69, 9.17) is 5.73 Å². The Morgan fingerprint density at radius 1 is 1.27 bits per heavy atom. The van der Waals surface area contributed by atoms with Crippen molar-refractivity contribution in [2.24, 2.45) is 5.73 Å². The van der Waals surface area contributed by atoms with Gasteiger partial charge >= 0.3 is 0 Å². The molecule has 2 aromatic heterocycles. The van der Waals surface area contributed by atoms with Crippen LogP contribution >= 0.6 is 11.3 Å². The van der Waals surface area contributed by atoms with Crippen molar-refractivity contribution in [3.8, 4) is 11.4 Å². The molecule has 0 aliphatic heterocycles. The predicted octanol–water partition coefficient (Wildman–Crippen LogP) is 2.35. The van der Waals surface area contributed by atoms with E-state index in [1.54, 1.807) is 16.0 Å². The highest BCUT2D eigenvalue weighted by atomic mass is 32.1. The number of nitrogens with one attached hydrogen (secondary N) is 1. The Morgan fingerprint density at radius 3 is 2.62 bits per heavy atom. The maximum Gasteiger partial charge on any atom is 0.242 e. The van der Waals surface area contributed by atoms with Gasteiger partial charge in [0.15, 0.2) is 5.82 Å². The first-order chi connectivity index (χ1) is 12.4. The van der Waals surface area contributed by atoms with Gasteiger partial charge in [-0.15, -0.1) is 11.3 Å². The van der Waals surface area contributed by atoms with Crippen LogP contribution in [0.3, 0.4) is 0 Å². The van der Waals surface area contributed by atoms with Crippen LogP contribution in [0.2, 0.25) is 0 Å². The lowest BCUT2D eigenvalue weighted by molar-refractivity contribution is -0.122. The van der Waals surface area contributed by atoms with E-state index in [-0.39, 0.29) is 18.5 Å². The first-order valence-electron chi connectivity index (χ1n) is 8.39. The minimum absolute atomic E-state index is 0.0769. The van der Waals surface area contributed by atoms with Gasteiger partial charge < -0.3 is 11.1 Å². The first kappa shape index (κ1) is 18.2. The lowest BCUT2D eigenvalue weighted by atomic mass is 10.2. The summed E-state index contributed by atoms with van der Waals surface area (Å²) in [6, 6.07) is 9.32. The summed E-state index contributed by atoms with van der Waals surface area (Å²) >= 11 is 1.59. The number of aromatic nitrogens is 4. The standard InChI is InChI=1S/C18H22N6OS/c1-11(19)18-22-17(14-7-5-4-6-8-14)23-24(18)10-16(25)20-9-15-12(2)21-13(3)26-15/h4-8,11H,9-10,19H2,1-3H3,(H,20,25)/t11-/m0/s1. The number of aryl methyl sites for hydroxylation is 2. The van der Waals surface area contributed by atoms with E-state index in [1.165, 1.54) is 0 Å². The number of benzene rings is 1. The molecule has 0 unspecified atom stereocenters. The predicted molar refractivity (Wildman–Crippen MR) is 101 cm³/mol. The molecule has 1 aromatic carbocycles. The van der Waals surface area contributed by atoms with Crippen LogP contribution in [0.4, 0.5) is 0 Å². The second-order valence-corrected chi connectivity index (χ2v) is 7.41. The lowest BCUT2D eigenvalue weighted by Crippen LogP contribution is -2.29. The molecule has 0 spiro atoms. The van der Waals surface area contributed by atoms with E-state index in [9.17, 15) is 4.79 Å². The number of nitrogens with two attached hydrogens (primary N) is 1. The monoisotopic (exact) mass is 370 g/mol. The molecule has 136 valence electrons. The number of carbonyl (C=O) groups excluding carboxylic acids is 1. The molecule has 0 aliphatic carbocycles. The van der Waals surface area contributed by atoms with E-state index in [0.717, 1.165) is 21.1 Å². The third-order valence-electron chi connectivity index (χ3n) is 3.88. The van der Waals surface area contributed by atoms with Crippen LogP contribution in [0.5, 0.6) is 0 Å². The smallest absolute Gasteiger partial charge is 0.242 e. The van der Waals surface area contributed by atoms with Crippen LogP contribution in [0.15, 0.2) is 30.3 Å². The summed E-state index contributed by atoms with van der Waals surface area (Å²) in [6.07, 6.45) is 0. The first-order valence-corrected chi connectivity index (χ1v) is 9.21. The Hall–Kier alpha value is -2.58. The molecular weight excluding hydrogens is 348 g/mol. The van der Waals surface area contributed by atoms with E-state index in [0.29, 0.717) is 18.2 Å². The fourth-order valence-electron chi connectivity index (χ4n) is 2.63. The maximum absolute atomic E-state index is 12.4. The van der Waals surface area contributed by atoms with E-state index < -0.39 is 0 Å². The fraction of sp³-hybridized carbons (Fsp3) is 0.333. The quantitative estimate of drug-likeness (QED) is 0.694. The number of rotatable bonds is 6. The van der Waals surface area contributed by atoms with Crippen molar-refractivity contribution in [2.45, 2.75) is 39.9 Å². The molecule has 0 saturated carbocycles. The summed E-state index contributed by atoms with van der Waals surface area (Å²) in [5.74, 6) is 1.02. The summed E-state index contributed by atoms with van der Waals surface area (Å²) in [6.45, 7) is 6.27. The molecule has 0 fully saturated rings. The van der Waals surface area contributed by atoms with Gasteiger partial charge in [0.05, 0.1) is 23.3 Å². The molecule has 3 N–H and O–H groups in total. The molecule has 26 heavy (non-hydrogen) atoms. The zero-order chi connectivity index (χ0) is 18.7. The van der Waals surface area contributed by atoms with Gasteiger partial charge in [0.1, 0.15) is 12.4 Å². The summed E-state index contributed by atoms with van der Waals surface area (Å²) in [7, 11) is 0. The second kappa shape index (κ2) is 7.76. The molecule has 0 saturated heterocycles. The largest absolute Gasteiger partial charge is 0.350 e. The highest BCUT2D eigenvalue weighted by molar-refractivity contribution is 7.11. The van der Waals surface area contributed by atoms with Crippen LogP contribution in [0.25, 0.3) is 11.4 Å². The number of carbonyl (C=O) groups is 1. The maximum atomic E-state index is 12.4. The molecule has 7 nitrogen and oxygen atoms in total. The number of amides is 1. The molecule has 1 atom stereocenters. The van der Waals surface area contributed by atoms with Gasteiger partial charge in [0, 0.05) is 10.4 Å². The zero-order valence-corrected chi connectivity index (χ0v) is 15.9. The minimum atomic E-state index is -0.320. The van der Waals surface area contributed by atoms with Crippen molar-refractivity contribution < 1.29 is 4.79 Å². The van der Waals surface area contributed by atoms with Gasteiger partial charge in [0.2, 0.25) is 5.91 Å². The molecular formula is C18H22N6OS. The Bertz CT molecular complexity index is 900. The summed E-state index contributed by atoms with van der Waals surface area (Å²) < 4.78 is 1.58. The molecule has 3 rings (SSSR count). The number of nitrogens with zero attached hydrogens (tertiary/aromatic N) is 4. The average molecular weight is 370 g/mol. The fourth-order valence-corrected chi connectivity index (χ4v) is 3.50.